The number of benzene rings is 1. The number of carbonyl (C=O) groups is 3. The van der Waals surface area contributed by atoms with Crippen LogP contribution in [0.2, 0.25) is 0 Å². The lowest BCUT2D eigenvalue weighted by atomic mass is 10.1. The van der Waals surface area contributed by atoms with Gasteiger partial charge in [0.05, 0.1) is 31.6 Å². The summed E-state index contributed by atoms with van der Waals surface area (Å²) in [6.07, 6.45) is 1.85. The summed E-state index contributed by atoms with van der Waals surface area (Å²) in [5, 5.41) is 4.40. The molecule has 3 aromatic rings. The minimum atomic E-state index is -0.682. The van der Waals surface area contributed by atoms with Gasteiger partial charge in [0.15, 0.2) is 5.82 Å². The maximum absolute atomic E-state index is 13.3. The largest absolute Gasteiger partial charge is 0.469 e. The summed E-state index contributed by atoms with van der Waals surface area (Å²) in [7, 11) is 0. The highest BCUT2D eigenvalue weighted by Gasteiger charge is 2.38. The summed E-state index contributed by atoms with van der Waals surface area (Å²) in [6.45, 7) is 4.65. The van der Waals surface area contributed by atoms with Gasteiger partial charge < -0.3 is 29.4 Å². The first-order chi connectivity index (χ1) is 18.4. The van der Waals surface area contributed by atoms with Crippen molar-refractivity contribution in [2.24, 2.45) is 5.73 Å². The predicted octanol–water partition coefficient (Wildman–Crippen LogP) is 1.08. The zero-order valence-electron chi connectivity index (χ0n) is 21.2. The van der Waals surface area contributed by atoms with E-state index in [-0.39, 0.29) is 36.8 Å². The lowest BCUT2D eigenvalue weighted by Crippen LogP contribution is -2.46. The van der Waals surface area contributed by atoms with Crippen molar-refractivity contribution in [1.82, 2.24) is 24.6 Å². The number of hydrogen-bond donors (Lipinski definition) is 1. The summed E-state index contributed by atoms with van der Waals surface area (Å²) in [6, 6.07) is 9.10. The van der Waals surface area contributed by atoms with Crippen molar-refractivity contribution in [3.8, 4) is 6.01 Å². The van der Waals surface area contributed by atoms with Crippen LogP contribution in [0.15, 0.2) is 41.0 Å². The first kappa shape index (κ1) is 25.6. The van der Waals surface area contributed by atoms with Crippen LogP contribution in [0, 0.1) is 6.92 Å². The Hall–Kier alpha value is -4.03. The van der Waals surface area contributed by atoms with Crippen molar-refractivity contribution < 1.29 is 28.3 Å². The van der Waals surface area contributed by atoms with Gasteiger partial charge in [0.25, 0.3) is 5.91 Å². The molecular weight excluding hydrogens is 492 g/mol. The number of aryl methyl sites for hydroxylation is 1. The van der Waals surface area contributed by atoms with Crippen molar-refractivity contribution in [2.45, 2.75) is 32.4 Å². The zero-order valence-corrected chi connectivity index (χ0v) is 21.2. The maximum Gasteiger partial charge on any atom is 0.323 e. The summed E-state index contributed by atoms with van der Waals surface area (Å²) < 4.78 is 17.6. The van der Waals surface area contributed by atoms with Crippen LogP contribution >= 0.6 is 0 Å². The Kier molecular flexibility index (Phi) is 7.52. The van der Waals surface area contributed by atoms with Gasteiger partial charge in [0.1, 0.15) is 18.3 Å². The molecule has 12 nitrogen and oxygen atoms in total. The van der Waals surface area contributed by atoms with Crippen LogP contribution in [0.25, 0.3) is 0 Å². The molecule has 1 unspecified atom stereocenters. The third kappa shape index (κ3) is 5.31. The average molecular weight is 523 g/mol. The Labute approximate surface area is 219 Å². The van der Waals surface area contributed by atoms with E-state index in [0.717, 1.165) is 15.8 Å². The topological polar surface area (TPSA) is 146 Å². The Morgan fingerprint density at radius 1 is 1.11 bits per heavy atom. The van der Waals surface area contributed by atoms with Gasteiger partial charge >= 0.3 is 6.01 Å². The molecule has 0 spiro atoms. The van der Waals surface area contributed by atoms with Crippen LogP contribution in [0.5, 0.6) is 6.01 Å². The first-order valence-electron chi connectivity index (χ1n) is 12.6. The van der Waals surface area contributed by atoms with Gasteiger partial charge in [-0.15, -0.1) is 9.78 Å². The smallest absolute Gasteiger partial charge is 0.323 e. The fraction of sp³-hybridized carbons (Fsp3) is 0.423. The number of aromatic nitrogens is 3. The molecule has 0 saturated carbocycles. The molecule has 4 heterocycles. The van der Waals surface area contributed by atoms with Crippen molar-refractivity contribution in [3.63, 3.8) is 0 Å². The molecule has 12 heteroatoms. The molecule has 1 atom stereocenters. The fourth-order valence-electron chi connectivity index (χ4n) is 4.54. The molecule has 2 fully saturated rings. The van der Waals surface area contributed by atoms with Crippen LogP contribution in [-0.4, -0.2) is 81.7 Å². The predicted molar refractivity (Wildman–Crippen MR) is 133 cm³/mol. The van der Waals surface area contributed by atoms with Crippen LogP contribution < -0.4 is 10.5 Å². The molecule has 0 aliphatic carbocycles. The molecule has 0 radical (unpaired) electrons. The Bertz CT molecular complexity index is 1310. The number of ether oxygens (including phenoxy) is 2. The minimum Gasteiger partial charge on any atom is -0.469 e. The third-order valence-electron chi connectivity index (χ3n) is 6.80. The molecule has 38 heavy (non-hydrogen) atoms. The first-order valence-corrected chi connectivity index (χ1v) is 12.6. The second-order valence-corrected chi connectivity index (χ2v) is 9.26. The quantitative estimate of drug-likeness (QED) is 0.459. The highest BCUT2D eigenvalue weighted by atomic mass is 16.5. The number of amides is 2. The number of furan rings is 1. The minimum absolute atomic E-state index is 0.00859. The standard InChI is InChI=1S/C26H30N6O6/c1-17-20(7-11-37-17)25(35)32-26(38-16-19-4-2-18(14-27)3-5-19)28-23(29-32)21-6-8-31(24(21)34)15-22(33)30-9-12-36-13-10-30/h2-5,7,11,21H,6,8-10,12-16,27H2,1H3. The lowest BCUT2D eigenvalue weighted by molar-refractivity contribution is -0.141. The van der Waals surface area contributed by atoms with Crippen molar-refractivity contribution in [2.75, 3.05) is 39.4 Å². The second-order valence-electron chi connectivity index (χ2n) is 9.26. The SMILES string of the molecule is Cc1occc1C(=O)n1nc(C2CCN(CC(=O)N3CCOCC3)C2=O)nc1OCc1ccc(CN)cc1. The van der Waals surface area contributed by atoms with Gasteiger partial charge in [-0.1, -0.05) is 24.3 Å². The Balaban J connectivity index is 1.35. The van der Waals surface area contributed by atoms with E-state index >= 15 is 0 Å². The molecule has 2 aromatic heterocycles. The van der Waals surface area contributed by atoms with E-state index in [1.807, 2.05) is 24.3 Å². The summed E-state index contributed by atoms with van der Waals surface area (Å²) in [4.78, 5) is 46.9. The van der Waals surface area contributed by atoms with Crippen molar-refractivity contribution >= 4 is 17.7 Å². The lowest BCUT2D eigenvalue weighted by Gasteiger charge is -2.28. The fourth-order valence-corrected chi connectivity index (χ4v) is 4.54. The van der Waals surface area contributed by atoms with E-state index in [1.165, 1.54) is 11.2 Å². The molecule has 200 valence electrons. The summed E-state index contributed by atoms with van der Waals surface area (Å²) in [5.74, 6) is -0.915. The Morgan fingerprint density at radius 3 is 2.53 bits per heavy atom. The number of carbonyl (C=O) groups excluding carboxylic acids is 3. The molecule has 2 saturated heterocycles. The number of rotatable bonds is 8. The van der Waals surface area contributed by atoms with Gasteiger partial charge in [-0.05, 0) is 30.5 Å². The normalized spacial score (nSPS) is 17.7. The van der Waals surface area contributed by atoms with Crippen LogP contribution in [0.4, 0.5) is 0 Å². The van der Waals surface area contributed by atoms with Gasteiger partial charge in [-0.2, -0.15) is 4.98 Å². The number of nitrogens with two attached hydrogens (primary N) is 1. The van der Waals surface area contributed by atoms with E-state index in [9.17, 15) is 14.4 Å². The van der Waals surface area contributed by atoms with Gasteiger partial charge in [-0.3, -0.25) is 14.4 Å². The number of likely N-dealkylation sites (tertiary alicyclic amines) is 1. The number of hydrogen-bond acceptors (Lipinski definition) is 9. The van der Waals surface area contributed by atoms with Crippen molar-refractivity contribution in [1.29, 1.82) is 0 Å². The monoisotopic (exact) mass is 522 g/mol. The van der Waals surface area contributed by atoms with Crippen LogP contribution in [-0.2, 0) is 27.5 Å². The summed E-state index contributed by atoms with van der Waals surface area (Å²) in [5.41, 5.74) is 7.83. The number of morpholine rings is 1. The Morgan fingerprint density at radius 2 is 1.84 bits per heavy atom. The van der Waals surface area contributed by atoms with E-state index in [2.05, 4.69) is 10.1 Å². The van der Waals surface area contributed by atoms with E-state index in [4.69, 9.17) is 19.6 Å². The van der Waals surface area contributed by atoms with Crippen LogP contribution in [0.1, 0.15) is 45.4 Å². The maximum atomic E-state index is 13.3. The molecule has 0 bridgehead atoms. The molecule has 2 amide bonds. The van der Waals surface area contributed by atoms with E-state index in [1.54, 1.807) is 17.9 Å². The molecule has 2 N–H and O–H groups in total. The van der Waals surface area contributed by atoms with Crippen molar-refractivity contribution in [3.05, 3.63) is 64.9 Å². The summed E-state index contributed by atoms with van der Waals surface area (Å²) >= 11 is 0. The van der Waals surface area contributed by atoms with Crippen LogP contribution in [0.3, 0.4) is 0 Å². The average Bonchev–Trinajstić information content (AvgIpc) is 3.66. The van der Waals surface area contributed by atoms with Gasteiger partial charge in [0, 0.05) is 26.2 Å². The molecule has 1 aromatic carbocycles. The molecular formula is C26H30N6O6. The second kappa shape index (κ2) is 11.2. The molecule has 2 aliphatic heterocycles. The van der Waals surface area contributed by atoms with Gasteiger partial charge in [0.2, 0.25) is 11.8 Å². The number of nitrogens with zero attached hydrogens (tertiary/aromatic N) is 5. The van der Waals surface area contributed by atoms with Gasteiger partial charge in [-0.25, -0.2) is 0 Å². The highest BCUT2D eigenvalue weighted by Crippen LogP contribution is 2.29. The zero-order chi connectivity index (χ0) is 26.6. The van der Waals surface area contributed by atoms with E-state index in [0.29, 0.717) is 57.1 Å². The molecule has 2 aliphatic rings. The highest BCUT2D eigenvalue weighted by molar-refractivity contribution is 5.97. The molecule has 5 rings (SSSR count). The van der Waals surface area contributed by atoms with E-state index < -0.39 is 11.8 Å². The third-order valence-corrected chi connectivity index (χ3v) is 6.80.